The van der Waals surface area contributed by atoms with Crippen LogP contribution < -0.4 is 10.6 Å². The predicted molar refractivity (Wildman–Crippen MR) is 67.2 cm³/mol. The molecule has 0 unspecified atom stereocenters. The number of amides is 1. The number of nitrogens with zero attached hydrogens (tertiary/aromatic N) is 1. The molecule has 0 bridgehead atoms. The lowest BCUT2D eigenvalue weighted by Crippen LogP contribution is -2.24. The van der Waals surface area contributed by atoms with Crippen LogP contribution in [0.15, 0.2) is 18.3 Å². The highest BCUT2D eigenvalue weighted by atomic mass is 16.5. The number of nitrogens with one attached hydrogen (secondary N) is 2. The molecule has 0 spiro atoms. The van der Waals surface area contributed by atoms with Crippen molar-refractivity contribution < 1.29 is 9.53 Å². The molecule has 2 N–H and O–H groups in total. The van der Waals surface area contributed by atoms with Crippen molar-refractivity contribution in [3.63, 3.8) is 0 Å². The van der Waals surface area contributed by atoms with Crippen molar-refractivity contribution in [2.75, 3.05) is 32.6 Å². The van der Waals surface area contributed by atoms with E-state index in [-0.39, 0.29) is 5.91 Å². The van der Waals surface area contributed by atoms with Crippen LogP contribution in [0.1, 0.15) is 23.2 Å². The number of hydrogen-bond donors (Lipinski definition) is 2. The van der Waals surface area contributed by atoms with Crippen molar-refractivity contribution in [1.82, 2.24) is 10.3 Å². The summed E-state index contributed by atoms with van der Waals surface area (Å²) in [5.74, 6) is 0.623. The summed E-state index contributed by atoms with van der Waals surface area (Å²) in [6.07, 6.45) is 3.49. The van der Waals surface area contributed by atoms with Gasteiger partial charge in [0.15, 0.2) is 0 Å². The fourth-order valence-corrected chi connectivity index (χ4v) is 1.38. The zero-order valence-corrected chi connectivity index (χ0v) is 10.3. The second-order valence-electron chi connectivity index (χ2n) is 3.64. The van der Waals surface area contributed by atoms with E-state index in [0.717, 1.165) is 19.4 Å². The van der Waals surface area contributed by atoms with Gasteiger partial charge in [0.2, 0.25) is 0 Å². The molecule has 0 aromatic carbocycles. The fourth-order valence-electron chi connectivity index (χ4n) is 1.38. The maximum atomic E-state index is 11.7. The summed E-state index contributed by atoms with van der Waals surface area (Å²) in [6.45, 7) is 1.40. The third-order valence-corrected chi connectivity index (χ3v) is 2.34. The molecule has 1 aromatic rings. The summed E-state index contributed by atoms with van der Waals surface area (Å²) >= 11 is 0. The van der Waals surface area contributed by atoms with Gasteiger partial charge in [-0.15, -0.1) is 0 Å². The first-order valence-electron chi connectivity index (χ1n) is 5.69. The molecule has 0 saturated carbocycles. The first kappa shape index (κ1) is 13.4. The molecule has 94 valence electrons. The molecule has 0 aliphatic heterocycles. The quantitative estimate of drug-likeness (QED) is 0.701. The normalized spacial score (nSPS) is 10.0. The Bertz CT molecular complexity index is 355. The Labute approximate surface area is 102 Å². The number of methoxy groups -OCH3 is 1. The van der Waals surface area contributed by atoms with Crippen LogP contribution >= 0.6 is 0 Å². The summed E-state index contributed by atoms with van der Waals surface area (Å²) in [4.78, 5) is 15.8. The number of carbonyl (C=O) groups is 1. The summed E-state index contributed by atoms with van der Waals surface area (Å²) in [7, 11) is 3.45. The van der Waals surface area contributed by atoms with Crippen LogP contribution in [0, 0.1) is 0 Å². The second kappa shape index (κ2) is 7.62. The van der Waals surface area contributed by atoms with Gasteiger partial charge in [-0.1, -0.05) is 0 Å². The van der Waals surface area contributed by atoms with E-state index in [1.54, 1.807) is 32.5 Å². The van der Waals surface area contributed by atoms with Gasteiger partial charge in [-0.25, -0.2) is 4.98 Å². The molecular weight excluding hydrogens is 218 g/mol. The highest BCUT2D eigenvalue weighted by Crippen LogP contribution is 2.05. The van der Waals surface area contributed by atoms with E-state index in [4.69, 9.17) is 4.74 Å². The first-order chi connectivity index (χ1) is 8.27. The molecule has 1 aromatic heterocycles. The van der Waals surface area contributed by atoms with Crippen LogP contribution in [0.3, 0.4) is 0 Å². The Hall–Kier alpha value is -1.62. The number of rotatable bonds is 7. The van der Waals surface area contributed by atoms with Gasteiger partial charge in [-0.3, -0.25) is 4.79 Å². The highest BCUT2D eigenvalue weighted by molar-refractivity contribution is 5.94. The molecule has 0 atom stereocenters. The van der Waals surface area contributed by atoms with Crippen molar-refractivity contribution in [2.45, 2.75) is 12.8 Å². The average Bonchev–Trinajstić information content (AvgIpc) is 2.38. The Morgan fingerprint density at radius 3 is 3.00 bits per heavy atom. The molecule has 1 heterocycles. The van der Waals surface area contributed by atoms with E-state index in [2.05, 4.69) is 15.6 Å². The maximum Gasteiger partial charge on any atom is 0.251 e. The fraction of sp³-hybridized carbons (Fsp3) is 0.500. The van der Waals surface area contributed by atoms with Crippen LogP contribution in [-0.4, -0.2) is 38.2 Å². The van der Waals surface area contributed by atoms with E-state index in [1.165, 1.54) is 0 Å². The molecule has 1 rings (SSSR count). The molecular formula is C12H19N3O2. The lowest BCUT2D eigenvalue weighted by atomic mass is 10.2. The van der Waals surface area contributed by atoms with Gasteiger partial charge >= 0.3 is 0 Å². The van der Waals surface area contributed by atoms with Gasteiger partial charge in [0, 0.05) is 39.1 Å². The zero-order valence-electron chi connectivity index (χ0n) is 10.3. The number of hydrogen-bond acceptors (Lipinski definition) is 4. The van der Waals surface area contributed by atoms with Gasteiger partial charge < -0.3 is 15.4 Å². The molecule has 5 heteroatoms. The minimum atomic E-state index is -0.0682. The van der Waals surface area contributed by atoms with Crippen molar-refractivity contribution >= 4 is 11.7 Å². The molecule has 0 fully saturated rings. The van der Waals surface area contributed by atoms with E-state index >= 15 is 0 Å². The average molecular weight is 237 g/mol. The molecule has 0 saturated heterocycles. The van der Waals surface area contributed by atoms with Crippen LogP contribution in [-0.2, 0) is 4.74 Å². The third-order valence-electron chi connectivity index (χ3n) is 2.34. The van der Waals surface area contributed by atoms with E-state index in [9.17, 15) is 4.79 Å². The summed E-state index contributed by atoms with van der Waals surface area (Å²) in [5, 5.41) is 5.76. The van der Waals surface area contributed by atoms with Crippen molar-refractivity contribution in [2.24, 2.45) is 0 Å². The zero-order chi connectivity index (χ0) is 12.5. The SMILES string of the molecule is CNc1cc(C(=O)NCCCCOC)ccn1. The Morgan fingerprint density at radius 2 is 2.29 bits per heavy atom. The predicted octanol–water partition coefficient (Wildman–Crippen LogP) is 1.28. The highest BCUT2D eigenvalue weighted by Gasteiger charge is 2.05. The molecule has 17 heavy (non-hydrogen) atoms. The monoisotopic (exact) mass is 237 g/mol. The first-order valence-corrected chi connectivity index (χ1v) is 5.69. The second-order valence-corrected chi connectivity index (χ2v) is 3.64. The lowest BCUT2D eigenvalue weighted by molar-refractivity contribution is 0.0951. The van der Waals surface area contributed by atoms with E-state index < -0.39 is 0 Å². The van der Waals surface area contributed by atoms with E-state index in [0.29, 0.717) is 17.9 Å². The molecule has 1 amide bonds. The Morgan fingerprint density at radius 1 is 1.47 bits per heavy atom. The minimum absolute atomic E-state index is 0.0682. The van der Waals surface area contributed by atoms with Crippen LogP contribution in [0.4, 0.5) is 5.82 Å². The number of pyridine rings is 1. The van der Waals surface area contributed by atoms with Gasteiger partial charge in [0.25, 0.3) is 5.91 Å². The minimum Gasteiger partial charge on any atom is -0.385 e. The largest absolute Gasteiger partial charge is 0.385 e. The number of aromatic nitrogens is 1. The van der Waals surface area contributed by atoms with Crippen molar-refractivity contribution in [3.8, 4) is 0 Å². The lowest BCUT2D eigenvalue weighted by Gasteiger charge is -2.06. The molecule has 0 aliphatic rings. The van der Waals surface area contributed by atoms with Gasteiger partial charge in [0.1, 0.15) is 5.82 Å². The van der Waals surface area contributed by atoms with Crippen LogP contribution in [0.2, 0.25) is 0 Å². The number of anilines is 1. The summed E-state index contributed by atoms with van der Waals surface area (Å²) < 4.78 is 4.93. The van der Waals surface area contributed by atoms with Gasteiger partial charge in [-0.2, -0.15) is 0 Å². The standard InChI is InChI=1S/C12H19N3O2/c1-13-11-9-10(5-7-14-11)12(16)15-6-3-4-8-17-2/h5,7,9H,3-4,6,8H2,1-2H3,(H,13,14)(H,15,16). The molecule has 5 nitrogen and oxygen atoms in total. The van der Waals surface area contributed by atoms with Gasteiger partial charge in [-0.05, 0) is 25.0 Å². The topological polar surface area (TPSA) is 63.2 Å². The summed E-state index contributed by atoms with van der Waals surface area (Å²) in [6, 6.07) is 3.43. The Balaban J connectivity index is 2.36. The van der Waals surface area contributed by atoms with Gasteiger partial charge in [0.05, 0.1) is 0 Å². The third kappa shape index (κ3) is 4.82. The molecule has 0 aliphatic carbocycles. The number of ether oxygens (including phenoxy) is 1. The van der Waals surface area contributed by atoms with Crippen molar-refractivity contribution in [3.05, 3.63) is 23.9 Å². The van der Waals surface area contributed by atoms with E-state index in [1.807, 2.05) is 0 Å². The molecule has 0 radical (unpaired) electrons. The Kier molecular flexibility index (Phi) is 6.03. The maximum absolute atomic E-state index is 11.7. The smallest absolute Gasteiger partial charge is 0.251 e. The summed E-state index contributed by atoms with van der Waals surface area (Å²) in [5.41, 5.74) is 0.621. The number of carbonyl (C=O) groups excluding carboxylic acids is 1. The number of unbranched alkanes of at least 4 members (excludes halogenated alkanes) is 1. The van der Waals surface area contributed by atoms with Crippen LogP contribution in [0.25, 0.3) is 0 Å². The van der Waals surface area contributed by atoms with Crippen molar-refractivity contribution in [1.29, 1.82) is 0 Å². The van der Waals surface area contributed by atoms with Crippen LogP contribution in [0.5, 0.6) is 0 Å².